The molecule has 0 spiro atoms. The van der Waals surface area contributed by atoms with E-state index in [1.165, 1.54) is 6.07 Å². The fourth-order valence-electron chi connectivity index (χ4n) is 1.49. The highest BCUT2D eigenvalue weighted by Gasteiger charge is 2.21. The molecule has 7 heteroatoms. The zero-order valence-corrected chi connectivity index (χ0v) is 8.14. The highest BCUT2D eigenvalue weighted by Crippen LogP contribution is 2.23. The number of halogens is 1. The van der Waals surface area contributed by atoms with Gasteiger partial charge in [-0.1, -0.05) is 0 Å². The number of carbonyl (C=O) groups is 1. The second kappa shape index (κ2) is 3.76. The lowest BCUT2D eigenvalue weighted by atomic mass is 10.2. The van der Waals surface area contributed by atoms with Crippen molar-refractivity contribution in [3.63, 3.8) is 0 Å². The Morgan fingerprint density at radius 1 is 1.50 bits per heavy atom. The molecule has 0 atom stereocenters. The number of hydrogen-bond acceptors (Lipinski definition) is 4. The molecule has 16 heavy (non-hydrogen) atoms. The van der Waals surface area contributed by atoms with Crippen LogP contribution in [0.4, 0.5) is 15.8 Å². The van der Waals surface area contributed by atoms with Crippen molar-refractivity contribution in [2.75, 3.05) is 18.1 Å². The molecule has 1 aromatic rings. The summed E-state index contributed by atoms with van der Waals surface area (Å²) in [5, 5.41) is 12.9. The van der Waals surface area contributed by atoms with Gasteiger partial charge in [0.05, 0.1) is 18.1 Å². The predicted octanol–water partition coefficient (Wildman–Crippen LogP) is 0.628. The predicted molar refractivity (Wildman–Crippen MR) is 53.4 cm³/mol. The molecule has 1 fully saturated rings. The molecule has 1 aliphatic heterocycles. The standard InChI is InChI=1S/C9H8FN3O3/c10-7-3-6(1-2-8(7)13(15)16)12-4-9(14)11-5-12/h1-3H,4-5H2,(H,11,14). The molecular weight excluding hydrogens is 217 g/mol. The third kappa shape index (κ3) is 1.79. The number of nitrogens with zero attached hydrogens (tertiary/aromatic N) is 2. The Hall–Kier alpha value is -2.18. The first kappa shape index (κ1) is 10.3. The number of carbonyl (C=O) groups excluding carboxylic acids is 1. The Balaban J connectivity index is 2.27. The maximum atomic E-state index is 13.3. The van der Waals surface area contributed by atoms with Crippen molar-refractivity contribution in [2.45, 2.75) is 0 Å². The van der Waals surface area contributed by atoms with E-state index in [9.17, 15) is 19.3 Å². The van der Waals surface area contributed by atoms with Gasteiger partial charge in [0.2, 0.25) is 11.7 Å². The summed E-state index contributed by atoms with van der Waals surface area (Å²) in [5.74, 6) is -1.05. The molecule has 6 nitrogen and oxygen atoms in total. The quantitative estimate of drug-likeness (QED) is 0.591. The monoisotopic (exact) mass is 225 g/mol. The van der Waals surface area contributed by atoms with Gasteiger partial charge in [-0.15, -0.1) is 0 Å². The highest BCUT2D eigenvalue weighted by molar-refractivity contribution is 5.84. The maximum absolute atomic E-state index is 13.3. The van der Waals surface area contributed by atoms with E-state index in [-0.39, 0.29) is 19.1 Å². The maximum Gasteiger partial charge on any atom is 0.304 e. The summed E-state index contributed by atoms with van der Waals surface area (Å²) < 4.78 is 13.3. The van der Waals surface area contributed by atoms with Gasteiger partial charge < -0.3 is 10.2 Å². The number of nitrogens with one attached hydrogen (secondary N) is 1. The molecule has 1 saturated heterocycles. The van der Waals surface area contributed by atoms with Gasteiger partial charge in [-0.25, -0.2) is 0 Å². The van der Waals surface area contributed by atoms with E-state index in [1.54, 1.807) is 4.90 Å². The lowest BCUT2D eigenvalue weighted by Gasteiger charge is -2.14. The second-order valence-corrected chi connectivity index (χ2v) is 3.35. The second-order valence-electron chi connectivity index (χ2n) is 3.35. The SMILES string of the molecule is O=C1CN(c2ccc([N+](=O)[O-])c(F)c2)CN1. The molecule has 1 N–H and O–H groups in total. The largest absolute Gasteiger partial charge is 0.345 e. The van der Waals surface area contributed by atoms with Gasteiger partial charge in [0.1, 0.15) is 0 Å². The summed E-state index contributed by atoms with van der Waals surface area (Å²) in [4.78, 5) is 22.1. The van der Waals surface area contributed by atoms with Crippen molar-refractivity contribution < 1.29 is 14.1 Å². The van der Waals surface area contributed by atoms with Gasteiger partial charge in [0, 0.05) is 17.8 Å². The Kier molecular flexibility index (Phi) is 2.43. The van der Waals surface area contributed by atoms with Crippen LogP contribution < -0.4 is 10.2 Å². The van der Waals surface area contributed by atoms with E-state index in [4.69, 9.17) is 0 Å². The van der Waals surface area contributed by atoms with Gasteiger partial charge in [-0.3, -0.25) is 14.9 Å². The van der Waals surface area contributed by atoms with Crippen molar-refractivity contribution >= 4 is 17.3 Å². The fraction of sp³-hybridized carbons (Fsp3) is 0.222. The average molecular weight is 225 g/mol. The number of rotatable bonds is 2. The Labute approximate surface area is 89.8 Å². The first-order chi connectivity index (χ1) is 7.58. The van der Waals surface area contributed by atoms with Crippen molar-refractivity contribution in [3.8, 4) is 0 Å². The summed E-state index contributed by atoms with van der Waals surface area (Å²) in [6.45, 7) is 0.424. The summed E-state index contributed by atoms with van der Waals surface area (Å²) >= 11 is 0. The van der Waals surface area contributed by atoms with E-state index in [0.29, 0.717) is 5.69 Å². The Morgan fingerprint density at radius 3 is 2.75 bits per heavy atom. The van der Waals surface area contributed by atoms with Crippen molar-refractivity contribution in [3.05, 3.63) is 34.1 Å². The third-order valence-corrected chi connectivity index (χ3v) is 2.29. The minimum atomic E-state index is -0.901. The van der Waals surface area contributed by atoms with Crippen LogP contribution >= 0.6 is 0 Å². The first-order valence-corrected chi connectivity index (χ1v) is 4.53. The van der Waals surface area contributed by atoms with E-state index >= 15 is 0 Å². The zero-order valence-electron chi connectivity index (χ0n) is 8.14. The number of benzene rings is 1. The molecule has 2 rings (SSSR count). The van der Waals surface area contributed by atoms with Crippen LogP contribution in [-0.2, 0) is 4.79 Å². The number of nitro groups is 1. The number of nitro benzene ring substituents is 1. The van der Waals surface area contributed by atoms with Gasteiger partial charge in [0.25, 0.3) is 0 Å². The summed E-state index contributed by atoms with van der Waals surface area (Å²) in [5.41, 5.74) is -0.122. The van der Waals surface area contributed by atoms with Gasteiger partial charge in [0.15, 0.2) is 0 Å². The van der Waals surface area contributed by atoms with Crippen LogP contribution in [0.1, 0.15) is 0 Å². The van der Waals surface area contributed by atoms with E-state index in [1.807, 2.05) is 0 Å². The van der Waals surface area contributed by atoms with Crippen LogP contribution in [0.3, 0.4) is 0 Å². The van der Waals surface area contributed by atoms with Crippen LogP contribution in [0.25, 0.3) is 0 Å². The minimum Gasteiger partial charge on any atom is -0.345 e. The average Bonchev–Trinajstić information content (AvgIpc) is 2.64. The first-order valence-electron chi connectivity index (χ1n) is 4.53. The van der Waals surface area contributed by atoms with Crippen LogP contribution in [0.5, 0.6) is 0 Å². The zero-order chi connectivity index (χ0) is 11.7. The van der Waals surface area contributed by atoms with E-state index in [2.05, 4.69) is 5.32 Å². The lowest BCUT2D eigenvalue weighted by Crippen LogP contribution is -2.21. The molecule has 1 amide bonds. The van der Waals surface area contributed by atoms with Crippen molar-refractivity contribution in [2.24, 2.45) is 0 Å². The molecule has 1 aromatic carbocycles. The number of hydrogen-bond donors (Lipinski definition) is 1. The van der Waals surface area contributed by atoms with E-state index < -0.39 is 16.4 Å². The molecular formula is C9H8FN3O3. The molecule has 1 heterocycles. The third-order valence-electron chi connectivity index (χ3n) is 2.29. The van der Waals surface area contributed by atoms with Crippen LogP contribution in [0.15, 0.2) is 18.2 Å². The Morgan fingerprint density at radius 2 is 2.25 bits per heavy atom. The highest BCUT2D eigenvalue weighted by atomic mass is 19.1. The van der Waals surface area contributed by atoms with Gasteiger partial charge in [-0.05, 0) is 6.07 Å². The molecule has 0 bridgehead atoms. The molecule has 0 saturated carbocycles. The lowest BCUT2D eigenvalue weighted by molar-refractivity contribution is -0.387. The van der Waals surface area contributed by atoms with E-state index in [0.717, 1.165) is 12.1 Å². The summed E-state index contributed by atoms with van der Waals surface area (Å²) in [7, 11) is 0. The summed E-state index contributed by atoms with van der Waals surface area (Å²) in [6, 6.07) is 3.56. The van der Waals surface area contributed by atoms with Gasteiger partial charge in [-0.2, -0.15) is 4.39 Å². The molecule has 0 unspecified atom stereocenters. The van der Waals surface area contributed by atoms with Crippen LogP contribution in [-0.4, -0.2) is 24.0 Å². The fourth-order valence-corrected chi connectivity index (χ4v) is 1.49. The summed E-state index contributed by atoms with van der Waals surface area (Å²) in [6.07, 6.45) is 0. The molecule has 0 aliphatic carbocycles. The van der Waals surface area contributed by atoms with Crippen molar-refractivity contribution in [1.82, 2.24) is 5.32 Å². The molecule has 0 radical (unpaired) electrons. The molecule has 0 aromatic heterocycles. The van der Waals surface area contributed by atoms with Gasteiger partial charge >= 0.3 is 5.69 Å². The van der Waals surface area contributed by atoms with Crippen LogP contribution in [0, 0.1) is 15.9 Å². The normalized spacial score (nSPS) is 15.1. The number of anilines is 1. The minimum absolute atomic E-state index is 0.136. The molecule has 1 aliphatic rings. The Bertz CT molecular complexity index is 463. The molecule has 84 valence electrons. The number of amides is 1. The van der Waals surface area contributed by atoms with Crippen molar-refractivity contribution in [1.29, 1.82) is 0 Å². The van der Waals surface area contributed by atoms with Crippen LogP contribution in [0.2, 0.25) is 0 Å². The topological polar surface area (TPSA) is 75.5 Å². The smallest absolute Gasteiger partial charge is 0.304 e.